The third kappa shape index (κ3) is 3.91. The number of hydrogen-bond acceptors (Lipinski definition) is 4. The minimum Gasteiger partial charge on any atom is -0.497 e. The number of urea groups is 1. The zero-order chi connectivity index (χ0) is 22.2. The van der Waals surface area contributed by atoms with Crippen molar-refractivity contribution in [2.75, 3.05) is 52.9 Å². The summed E-state index contributed by atoms with van der Waals surface area (Å²) in [4.78, 5) is 46.3. The van der Waals surface area contributed by atoms with Gasteiger partial charge in [0, 0.05) is 63.8 Å². The predicted molar refractivity (Wildman–Crippen MR) is 118 cm³/mol. The molecule has 0 aliphatic carbocycles. The number of likely N-dealkylation sites (tertiary alicyclic amines) is 1. The fraction of sp³-hybridized carbons (Fsp3) is 0.625. The molecule has 0 radical (unpaired) electrons. The number of nitrogens with zero attached hydrogens (tertiary/aromatic N) is 4. The molecule has 5 rings (SSSR count). The average molecular weight is 441 g/mol. The second-order valence-electron chi connectivity index (χ2n) is 9.56. The van der Waals surface area contributed by atoms with Crippen molar-refractivity contribution in [3.8, 4) is 5.75 Å². The van der Waals surface area contributed by atoms with Crippen LogP contribution in [-0.2, 0) is 4.79 Å². The molecule has 4 heterocycles. The zero-order valence-electron chi connectivity index (χ0n) is 18.7. The first-order valence-corrected chi connectivity index (χ1v) is 11.8. The number of hydrogen-bond donors (Lipinski definition) is 0. The van der Waals surface area contributed by atoms with E-state index in [1.54, 1.807) is 31.4 Å². The fourth-order valence-corrected chi connectivity index (χ4v) is 5.98. The Bertz CT molecular complexity index is 880. The lowest BCUT2D eigenvalue weighted by molar-refractivity contribution is -0.144. The van der Waals surface area contributed by atoms with Crippen LogP contribution in [0.5, 0.6) is 5.75 Å². The van der Waals surface area contributed by atoms with Gasteiger partial charge in [-0.15, -0.1) is 0 Å². The van der Waals surface area contributed by atoms with E-state index in [4.69, 9.17) is 4.74 Å². The van der Waals surface area contributed by atoms with E-state index in [-0.39, 0.29) is 11.9 Å². The Morgan fingerprint density at radius 3 is 2.38 bits per heavy atom. The molecule has 2 bridgehead atoms. The molecule has 4 aliphatic rings. The molecule has 0 saturated carbocycles. The van der Waals surface area contributed by atoms with Crippen LogP contribution in [0, 0.1) is 11.8 Å². The molecule has 172 valence electrons. The van der Waals surface area contributed by atoms with Crippen molar-refractivity contribution in [1.29, 1.82) is 0 Å². The summed E-state index contributed by atoms with van der Waals surface area (Å²) in [6.07, 6.45) is 3.84. The lowest BCUT2D eigenvalue weighted by atomic mass is 9.76. The number of piperazine rings is 1. The van der Waals surface area contributed by atoms with E-state index < -0.39 is 0 Å². The average Bonchev–Trinajstić information content (AvgIpc) is 2.84. The number of fused-ring (bicyclic) bond motifs is 4. The van der Waals surface area contributed by atoms with Gasteiger partial charge in [-0.1, -0.05) is 0 Å². The van der Waals surface area contributed by atoms with Gasteiger partial charge in [-0.25, -0.2) is 4.79 Å². The molecule has 1 aromatic carbocycles. The van der Waals surface area contributed by atoms with Gasteiger partial charge in [0.1, 0.15) is 5.75 Å². The summed E-state index contributed by atoms with van der Waals surface area (Å²) in [5, 5.41) is 0. The number of carbonyl (C=O) groups is 3. The van der Waals surface area contributed by atoms with E-state index in [2.05, 4.69) is 4.90 Å². The van der Waals surface area contributed by atoms with Gasteiger partial charge in [0.05, 0.1) is 7.11 Å². The molecule has 3 atom stereocenters. The van der Waals surface area contributed by atoms with Crippen LogP contribution in [-0.4, -0.2) is 96.4 Å². The Balaban J connectivity index is 1.17. The molecule has 2 unspecified atom stereocenters. The van der Waals surface area contributed by atoms with Crippen LogP contribution in [0.3, 0.4) is 0 Å². The van der Waals surface area contributed by atoms with Crippen LogP contribution in [0.1, 0.15) is 36.0 Å². The molecule has 4 amide bonds. The number of methoxy groups -OCH3 is 1. The molecule has 0 N–H and O–H groups in total. The van der Waals surface area contributed by atoms with E-state index in [0.717, 1.165) is 44.6 Å². The summed E-state index contributed by atoms with van der Waals surface area (Å²) in [5.41, 5.74) is 0.640. The highest BCUT2D eigenvalue weighted by Crippen LogP contribution is 2.38. The molecule has 0 aromatic heterocycles. The lowest BCUT2D eigenvalue weighted by Crippen LogP contribution is -2.63. The predicted octanol–water partition coefficient (Wildman–Crippen LogP) is 1.91. The summed E-state index contributed by atoms with van der Waals surface area (Å²) in [6, 6.07) is 7.55. The highest BCUT2D eigenvalue weighted by molar-refractivity contribution is 5.94. The third-order valence-electron chi connectivity index (χ3n) is 7.62. The largest absolute Gasteiger partial charge is 0.497 e. The molecule has 32 heavy (non-hydrogen) atoms. The summed E-state index contributed by atoms with van der Waals surface area (Å²) in [7, 11) is 1.60. The van der Waals surface area contributed by atoms with E-state index in [1.807, 2.05) is 14.7 Å². The van der Waals surface area contributed by atoms with Crippen LogP contribution in [0.15, 0.2) is 24.3 Å². The quantitative estimate of drug-likeness (QED) is 0.704. The van der Waals surface area contributed by atoms with E-state index in [0.29, 0.717) is 61.9 Å². The Morgan fingerprint density at radius 2 is 1.66 bits per heavy atom. The number of piperidine rings is 3. The highest BCUT2D eigenvalue weighted by Gasteiger charge is 2.45. The number of amides is 4. The second kappa shape index (κ2) is 8.64. The monoisotopic (exact) mass is 440 g/mol. The molecular weight excluding hydrogens is 408 g/mol. The van der Waals surface area contributed by atoms with Crippen molar-refractivity contribution in [2.24, 2.45) is 11.8 Å². The molecule has 0 spiro atoms. The number of ether oxygens (including phenoxy) is 1. The van der Waals surface area contributed by atoms with Gasteiger partial charge < -0.3 is 24.3 Å². The highest BCUT2D eigenvalue weighted by atomic mass is 16.5. The van der Waals surface area contributed by atoms with Crippen molar-refractivity contribution >= 4 is 17.8 Å². The van der Waals surface area contributed by atoms with Gasteiger partial charge in [-0.2, -0.15) is 0 Å². The third-order valence-corrected chi connectivity index (χ3v) is 7.62. The molecule has 8 nitrogen and oxygen atoms in total. The molecule has 1 aromatic rings. The first-order chi connectivity index (χ1) is 15.5. The Kier molecular flexibility index (Phi) is 5.69. The van der Waals surface area contributed by atoms with Crippen molar-refractivity contribution in [3.05, 3.63) is 29.8 Å². The molecule has 4 saturated heterocycles. The van der Waals surface area contributed by atoms with Gasteiger partial charge in [0.2, 0.25) is 5.91 Å². The summed E-state index contributed by atoms with van der Waals surface area (Å²) >= 11 is 0. The first-order valence-electron chi connectivity index (χ1n) is 11.8. The molecule has 8 heteroatoms. The standard InChI is InChI=1S/C24H32N4O4/c1-32-20-7-5-18(6-8-20)23(30)25-9-11-26(12-10-25)24(31)27-14-17-13-19(16-27)21-3-2-4-22(29)28(21)15-17/h5-8,17,19,21H,2-4,9-16H2,1H3/t17?,19?,21-/m1/s1. The molecule has 4 aliphatic heterocycles. The minimum absolute atomic E-state index is 0.00527. The van der Waals surface area contributed by atoms with Crippen molar-refractivity contribution in [3.63, 3.8) is 0 Å². The minimum atomic E-state index is -0.00527. The number of benzene rings is 1. The molecular formula is C24H32N4O4. The van der Waals surface area contributed by atoms with Gasteiger partial charge in [-0.3, -0.25) is 9.59 Å². The maximum Gasteiger partial charge on any atom is 0.320 e. The normalized spacial score (nSPS) is 27.8. The summed E-state index contributed by atoms with van der Waals surface area (Å²) in [6.45, 7) is 4.48. The van der Waals surface area contributed by atoms with Crippen LogP contribution in [0.25, 0.3) is 0 Å². The Labute approximate surface area is 189 Å². The SMILES string of the molecule is COc1ccc(C(=O)N2CCN(C(=O)N3CC4CC(C3)[C@H]3CCCC(=O)N3C4)CC2)cc1. The van der Waals surface area contributed by atoms with Crippen LogP contribution in [0.4, 0.5) is 4.79 Å². The Morgan fingerprint density at radius 1 is 0.938 bits per heavy atom. The number of carbonyl (C=O) groups excluding carboxylic acids is 3. The van der Waals surface area contributed by atoms with Crippen molar-refractivity contribution < 1.29 is 19.1 Å². The van der Waals surface area contributed by atoms with E-state index >= 15 is 0 Å². The fourth-order valence-electron chi connectivity index (χ4n) is 5.98. The summed E-state index contributed by atoms with van der Waals surface area (Å²) in [5.74, 6) is 1.80. The zero-order valence-corrected chi connectivity index (χ0v) is 18.7. The summed E-state index contributed by atoms with van der Waals surface area (Å²) < 4.78 is 5.16. The van der Waals surface area contributed by atoms with E-state index in [1.165, 1.54) is 0 Å². The lowest BCUT2D eigenvalue weighted by Gasteiger charge is -2.53. The maximum absolute atomic E-state index is 13.3. The topological polar surface area (TPSA) is 73.4 Å². The van der Waals surface area contributed by atoms with Crippen molar-refractivity contribution in [1.82, 2.24) is 19.6 Å². The Hall–Kier alpha value is -2.77. The van der Waals surface area contributed by atoms with Gasteiger partial charge >= 0.3 is 6.03 Å². The van der Waals surface area contributed by atoms with Crippen LogP contribution >= 0.6 is 0 Å². The van der Waals surface area contributed by atoms with Gasteiger partial charge in [-0.05, 0) is 55.4 Å². The van der Waals surface area contributed by atoms with Crippen molar-refractivity contribution in [2.45, 2.75) is 31.7 Å². The smallest absolute Gasteiger partial charge is 0.320 e. The van der Waals surface area contributed by atoms with Crippen LogP contribution < -0.4 is 4.74 Å². The second-order valence-corrected chi connectivity index (χ2v) is 9.56. The van der Waals surface area contributed by atoms with Crippen LogP contribution in [0.2, 0.25) is 0 Å². The van der Waals surface area contributed by atoms with Gasteiger partial charge in [0.25, 0.3) is 5.91 Å². The molecule has 4 fully saturated rings. The van der Waals surface area contributed by atoms with E-state index in [9.17, 15) is 14.4 Å². The first kappa shape index (κ1) is 21.1. The van der Waals surface area contributed by atoms with Gasteiger partial charge in [0.15, 0.2) is 0 Å². The maximum atomic E-state index is 13.3. The number of rotatable bonds is 2.